The molecule has 0 unspecified atom stereocenters. The monoisotopic (exact) mass is 342 g/mol. The van der Waals surface area contributed by atoms with Crippen LogP contribution in [0.25, 0.3) is 0 Å². The summed E-state index contributed by atoms with van der Waals surface area (Å²) in [6, 6.07) is 11.5. The quantitative estimate of drug-likeness (QED) is 0.883. The minimum atomic E-state index is 0.0237. The molecule has 3 atom stereocenters. The van der Waals surface area contributed by atoms with E-state index < -0.39 is 0 Å². The molecule has 25 heavy (non-hydrogen) atoms. The highest BCUT2D eigenvalue weighted by Crippen LogP contribution is 2.27. The Morgan fingerprint density at radius 1 is 1.04 bits per heavy atom. The van der Waals surface area contributed by atoms with E-state index in [9.17, 15) is 4.79 Å². The number of para-hydroxylation sites is 1. The van der Waals surface area contributed by atoms with Crippen LogP contribution in [0.1, 0.15) is 32.1 Å². The minimum Gasteiger partial charge on any atom is -0.371 e. The van der Waals surface area contributed by atoms with Crippen LogP contribution in [0.15, 0.2) is 30.3 Å². The van der Waals surface area contributed by atoms with Crippen molar-refractivity contribution < 1.29 is 4.79 Å². The van der Waals surface area contributed by atoms with Crippen LogP contribution in [-0.2, 0) is 0 Å². The Labute approximate surface area is 150 Å². The number of fused-ring (bicyclic) bond motifs is 1. The molecule has 3 fully saturated rings. The van der Waals surface area contributed by atoms with E-state index in [-0.39, 0.29) is 6.03 Å². The molecule has 1 aromatic carbocycles. The fourth-order valence-electron chi connectivity index (χ4n) is 4.74. The number of rotatable bonds is 4. The maximum Gasteiger partial charge on any atom is 0.315 e. The van der Waals surface area contributed by atoms with E-state index in [4.69, 9.17) is 0 Å². The molecule has 0 radical (unpaired) electrons. The van der Waals surface area contributed by atoms with Crippen molar-refractivity contribution in [3.8, 4) is 0 Å². The second-order valence-corrected chi connectivity index (χ2v) is 7.78. The molecule has 5 heteroatoms. The number of hydrogen-bond acceptors (Lipinski definition) is 3. The maximum atomic E-state index is 12.3. The van der Waals surface area contributed by atoms with Gasteiger partial charge in [0.2, 0.25) is 0 Å². The molecule has 3 heterocycles. The molecule has 4 rings (SSSR count). The van der Waals surface area contributed by atoms with Gasteiger partial charge in [-0.05, 0) is 50.3 Å². The van der Waals surface area contributed by atoms with Gasteiger partial charge in [-0.25, -0.2) is 4.79 Å². The second-order valence-electron chi connectivity index (χ2n) is 7.78. The zero-order chi connectivity index (χ0) is 17.1. The number of carbonyl (C=O) groups is 1. The molecule has 0 spiro atoms. The molecule has 3 aliphatic rings. The summed E-state index contributed by atoms with van der Waals surface area (Å²) in [4.78, 5) is 17.3. The van der Waals surface area contributed by atoms with Crippen LogP contribution in [-0.4, -0.2) is 55.7 Å². The first-order valence-electron chi connectivity index (χ1n) is 9.88. The molecule has 136 valence electrons. The third-order valence-corrected chi connectivity index (χ3v) is 6.13. The van der Waals surface area contributed by atoms with Crippen molar-refractivity contribution in [2.75, 3.05) is 37.6 Å². The third-order valence-electron chi connectivity index (χ3n) is 6.13. The topological polar surface area (TPSA) is 47.6 Å². The number of urea groups is 1. The summed E-state index contributed by atoms with van der Waals surface area (Å²) in [7, 11) is 0. The Kier molecular flexibility index (Phi) is 5.11. The number of nitrogens with one attached hydrogen (secondary N) is 2. The van der Waals surface area contributed by atoms with E-state index in [0.717, 1.165) is 39.0 Å². The number of carbonyl (C=O) groups excluding carboxylic acids is 1. The molecule has 0 aliphatic carbocycles. The van der Waals surface area contributed by atoms with Crippen molar-refractivity contribution in [1.82, 2.24) is 15.5 Å². The summed E-state index contributed by atoms with van der Waals surface area (Å²) < 4.78 is 0. The van der Waals surface area contributed by atoms with Gasteiger partial charge in [-0.2, -0.15) is 0 Å². The fraction of sp³-hybridized carbons (Fsp3) is 0.650. The molecule has 5 nitrogen and oxygen atoms in total. The predicted molar refractivity (Wildman–Crippen MR) is 101 cm³/mol. The van der Waals surface area contributed by atoms with Crippen LogP contribution in [0.2, 0.25) is 0 Å². The van der Waals surface area contributed by atoms with Crippen LogP contribution >= 0.6 is 0 Å². The lowest BCUT2D eigenvalue weighted by molar-refractivity contribution is 0.178. The highest BCUT2D eigenvalue weighted by atomic mass is 16.2. The molecule has 1 aromatic rings. The lowest BCUT2D eigenvalue weighted by Gasteiger charge is -2.32. The van der Waals surface area contributed by atoms with E-state index in [1.54, 1.807) is 0 Å². The van der Waals surface area contributed by atoms with Gasteiger partial charge in [-0.15, -0.1) is 0 Å². The van der Waals surface area contributed by atoms with E-state index in [2.05, 4.69) is 50.8 Å². The lowest BCUT2D eigenvalue weighted by Crippen LogP contribution is -2.50. The van der Waals surface area contributed by atoms with Gasteiger partial charge in [-0.3, -0.25) is 4.90 Å². The Morgan fingerprint density at radius 2 is 1.92 bits per heavy atom. The Morgan fingerprint density at radius 3 is 2.80 bits per heavy atom. The second kappa shape index (κ2) is 7.65. The minimum absolute atomic E-state index is 0.0237. The number of anilines is 1. The first kappa shape index (κ1) is 16.7. The van der Waals surface area contributed by atoms with Crippen molar-refractivity contribution >= 4 is 11.7 Å². The molecule has 0 aromatic heterocycles. The van der Waals surface area contributed by atoms with Crippen LogP contribution in [0.4, 0.5) is 10.5 Å². The van der Waals surface area contributed by atoms with Gasteiger partial charge < -0.3 is 15.5 Å². The van der Waals surface area contributed by atoms with Crippen molar-refractivity contribution in [1.29, 1.82) is 0 Å². The molecule has 3 saturated heterocycles. The van der Waals surface area contributed by atoms with Crippen molar-refractivity contribution in [3.63, 3.8) is 0 Å². The van der Waals surface area contributed by atoms with Crippen molar-refractivity contribution in [3.05, 3.63) is 30.3 Å². The molecule has 3 aliphatic heterocycles. The van der Waals surface area contributed by atoms with Gasteiger partial charge in [0.05, 0.1) is 0 Å². The molecule has 2 amide bonds. The van der Waals surface area contributed by atoms with Crippen LogP contribution in [0.5, 0.6) is 0 Å². The van der Waals surface area contributed by atoms with Crippen molar-refractivity contribution in [2.45, 2.75) is 44.2 Å². The standard InChI is InChI=1S/C20H30N4O/c25-20(22-18-10-13-23-11-5-4-8-19(18)23)21-14-16-9-12-24(15-16)17-6-2-1-3-7-17/h1-3,6-7,16,18-19H,4-5,8-15H2,(H2,21,22,25)/t16-,18+,19-/m0/s1. The normalized spacial score (nSPS) is 29.4. The molecule has 2 N–H and O–H groups in total. The van der Waals surface area contributed by atoms with Gasteiger partial charge in [0, 0.05) is 44.0 Å². The van der Waals surface area contributed by atoms with E-state index in [1.807, 2.05) is 0 Å². The number of benzene rings is 1. The molecule has 0 bridgehead atoms. The molecule has 0 saturated carbocycles. The summed E-state index contributed by atoms with van der Waals surface area (Å²) in [5, 5.41) is 6.36. The Bertz CT molecular complexity index is 578. The smallest absolute Gasteiger partial charge is 0.315 e. The SMILES string of the molecule is O=C(NC[C@@H]1CCN(c2ccccc2)C1)N[C@@H]1CCN2CCCC[C@@H]12. The number of piperidine rings is 1. The Balaban J connectivity index is 1.21. The highest BCUT2D eigenvalue weighted by Gasteiger charge is 2.36. The summed E-state index contributed by atoms with van der Waals surface area (Å²) in [5.41, 5.74) is 1.29. The predicted octanol–water partition coefficient (Wildman–Crippen LogP) is 2.44. The van der Waals surface area contributed by atoms with E-state index >= 15 is 0 Å². The van der Waals surface area contributed by atoms with Gasteiger partial charge in [0.25, 0.3) is 0 Å². The Hall–Kier alpha value is -1.75. The van der Waals surface area contributed by atoms with Crippen LogP contribution < -0.4 is 15.5 Å². The lowest BCUT2D eigenvalue weighted by atomic mass is 9.99. The number of amides is 2. The zero-order valence-electron chi connectivity index (χ0n) is 15.0. The molecular weight excluding hydrogens is 312 g/mol. The average molecular weight is 342 g/mol. The number of hydrogen-bond donors (Lipinski definition) is 2. The van der Waals surface area contributed by atoms with Gasteiger partial charge in [-0.1, -0.05) is 24.6 Å². The van der Waals surface area contributed by atoms with Crippen LogP contribution in [0.3, 0.4) is 0 Å². The van der Waals surface area contributed by atoms with Gasteiger partial charge in [0.1, 0.15) is 0 Å². The van der Waals surface area contributed by atoms with Gasteiger partial charge in [0.15, 0.2) is 0 Å². The highest BCUT2D eigenvalue weighted by molar-refractivity contribution is 5.74. The largest absolute Gasteiger partial charge is 0.371 e. The van der Waals surface area contributed by atoms with E-state index in [0.29, 0.717) is 18.0 Å². The summed E-state index contributed by atoms with van der Waals surface area (Å²) in [6.45, 7) is 5.24. The van der Waals surface area contributed by atoms with Gasteiger partial charge >= 0.3 is 6.03 Å². The van der Waals surface area contributed by atoms with E-state index in [1.165, 1.54) is 31.5 Å². The fourth-order valence-corrected chi connectivity index (χ4v) is 4.74. The average Bonchev–Trinajstić information content (AvgIpc) is 3.28. The van der Waals surface area contributed by atoms with Crippen LogP contribution in [0, 0.1) is 5.92 Å². The number of nitrogens with zero attached hydrogens (tertiary/aromatic N) is 2. The maximum absolute atomic E-state index is 12.3. The third kappa shape index (κ3) is 3.92. The molecular formula is C20H30N4O. The van der Waals surface area contributed by atoms with Crippen molar-refractivity contribution in [2.24, 2.45) is 5.92 Å². The zero-order valence-corrected chi connectivity index (χ0v) is 15.0. The first-order valence-corrected chi connectivity index (χ1v) is 9.88. The summed E-state index contributed by atoms with van der Waals surface area (Å²) in [6.07, 6.45) is 6.10. The summed E-state index contributed by atoms with van der Waals surface area (Å²) in [5.74, 6) is 0.542. The first-order chi connectivity index (χ1) is 12.3. The summed E-state index contributed by atoms with van der Waals surface area (Å²) >= 11 is 0.